The molecule has 0 saturated heterocycles. The van der Waals surface area contributed by atoms with Crippen molar-refractivity contribution in [1.29, 1.82) is 0 Å². The molecule has 7 heteroatoms. The molecule has 4 heterocycles. The fourth-order valence-corrected chi connectivity index (χ4v) is 4.87. The van der Waals surface area contributed by atoms with Gasteiger partial charge < -0.3 is 19.9 Å². The fraction of sp³-hybridized carbons (Fsp3) is 0. The third kappa shape index (κ3) is 3.45. The minimum atomic E-state index is 0. The van der Waals surface area contributed by atoms with Gasteiger partial charge in [0, 0.05) is 16.2 Å². The van der Waals surface area contributed by atoms with E-state index in [9.17, 15) is 0 Å². The number of hydrogen-bond donors (Lipinski definition) is 0. The third-order valence-corrected chi connectivity index (χ3v) is 6.63. The predicted octanol–water partition coefficient (Wildman–Crippen LogP) is 6.28. The number of fused-ring (bicyclic) bond motifs is 7. The summed E-state index contributed by atoms with van der Waals surface area (Å²) in [6, 6.07) is 32.3. The number of pyridine rings is 2. The Labute approximate surface area is 225 Å². The van der Waals surface area contributed by atoms with Crippen molar-refractivity contribution in [3.63, 3.8) is 0 Å². The van der Waals surface area contributed by atoms with E-state index in [4.69, 9.17) is 29.9 Å². The number of hydrogen-bond acceptors (Lipinski definition) is 4. The van der Waals surface area contributed by atoms with Crippen molar-refractivity contribution in [3.8, 4) is 23.0 Å². The predicted molar refractivity (Wildman–Crippen MR) is 143 cm³/mol. The molecule has 4 aromatic heterocycles. The molecule has 6 nitrogen and oxygen atoms in total. The molecule has 0 atom stereocenters. The van der Waals surface area contributed by atoms with Crippen LogP contribution in [-0.2, 0) is 21.1 Å². The molecule has 0 aliphatic rings. The van der Waals surface area contributed by atoms with Gasteiger partial charge in [0.25, 0.3) is 0 Å². The molecule has 0 spiro atoms. The first-order chi connectivity index (χ1) is 17.8. The summed E-state index contributed by atoms with van der Waals surface area (Å²) in [6.45, 7) is 0. The zero-order valence-corrected chi connectivity index (χ0v) is 21.5. The molecule has 176 valence electrons. The second-order valence-corrected chi connectivity index (χ2v) is 8.84. The van der Waals surface area contributed by atoms with Crippen LogP contribution in [0.5, 0.6) is 0 Å². The van der Waals surface area contributed by atoms with Gasteiger partial charge >= 0.3 is 21.1 Å². The van der Waals surface area contributed by atoms with E-state index in [1.165, 1.54) is 0 Å². The Hall–Kier alpha value is -4.41. The molecule has 0 aliphatic carbocycles. The summed E-state index contributed by atoms with van der Waals surface area (Å²) < 4.78 is 0. The van der Waals surface area contributed by atoms with Crippen LogP contribution in [0, 0.1) is 0 Å². The SMILES string of the molecule is [Pt+2].c1ccc2[n-]c(-c3ccc4ccc5ccc6ccc(-c7nc8ccccc8[n-]7)nc6c5c4n3)nc2c1. The third-order valence-electron chi connectivity index (χ3n) is 6.63. The quantitative estimate of drug-likeness (QED) is 0.204. The summed E-state index contributed by atoms with van der Waals surface area (Å²) in [5, 5.41) is 4.15. The number of aromatic nitrogens is 6. The van der Waals surface area contributed by atoms with Gasteiger partial charge in [-0.1, -0.05) is 84.9 Å². The Balaban J connectivity index is 0.00000231. The van der Waals surface area contributed by atoms with Gasteiger partial charge in [-0.05, 0) is 51.2 Å². The van der Waals surface area contributed by atoms with Crippen LogP contribution in [0.1, 0.15) is 0 Å². The van der Waals surface area contributed by atoms with Gasteiger partial charge in [-0.3, -0.25) is 0 Å². The van der Waals surface area contributed by atoms with Crippen molar-refractivity contribution < 1.29 is 21.1 Å². The van der Waals surface area contributed by atoms with Crippen LogP contribution in [0.15, 0.2) is 97.1 Å². The first-order valence-corrected chi connectivity index (χ1v) is 11.7. The summed E-state index contributed by atoms with van der Waals surface area (Å²) >= 11 is 0. The number of rotatable bonds is 2. The van der Waals surface area contributed by atoms with Gasteiger partial charge in [0.2, 0.25) is 0 Å². The molecule has 0 N–H and O–H groups in total. The van der Waals surface area contributed by atoms with Crippen LogP contribution in [0.25, 0.3) is 77.7 Å². The standard InChI is InChI=1S/C30H16N6.Pt/c1-2-6-21-20(5-1)33-29(34-21)24-15-13-18-11-9-17-10-12-19-14-16-25(32-28(19)26(17)27(18)31-24)30-35-22-7-3-4-8-23(22)36-30;/h1-16H;/q-2;+2. The summed E-state index contributed by atoms with van der Waals surface area (Å²) in [4.78, 5) is 28.9. The maximum atomic E-state index is 5.06. The fourth-order valence-electron chi connectivity index (χ4n) is 4.87. The molecular weight excluding hydrogens is 639 g/mol. The minimum absolute atomic E-state index is 0. The molecule has 0 saturated carbocycles. The number of para-hydroxylation sites is 4. The van der Waals surface area contributed by atoms with E-state index in [0.29, 0.717) is 11.6 Å². The zero-order valence-electron chi connectivity index (χ0n) is 19.2. The Bertz CT molecular complexity index is 1910. The summed E-state index contributed by atoms with van der Waals surface area (Å²) in [6.07, 6.45) is 0. The van der Waals surface area contributed by atoms with Gasteiger partial charge in [0.15, 0.2) is 0 Å². The molecular formula is C30H16N6Pt. The van der Waals surface area contributed by atoms with E-state index in [0.717, 1.165) is 66.0 Å². The maximum Gasteiger partial charge on any atom is 2.00 e. The van der Waals surface area contributed by atoms with Crippen LogP contribution in [0.3, 0.4) is 0 Å². The van der Waals surface area contributed by atoms with Crippen LogP contribution in [0.2, 0.25) is 0 Å². The minimum Gasteiger partial charge on any atom is -0.434 e. The smallest absolute Gasteiger partial charge is 0.434 e. The summed E-state index contributed by atoms with van der Waals surface area (Å²) in [5.74, 6) is 1.25. The first-order valence-electron chi connectivity index (χ1n) is 11.7. The van der Waals surface area contributed by atoms with Crippen molar-refractivity contribution in [2.75, 3.05) is 0 Å². The van der Waals surface area contributed by atoms with Crippen LogP contribution in [0.4, 0.5) is 0 Å². The first kappa shape index (κ1) is 21.8. The van der Waals surface area contributed by atoms with Gasteiger partial charge in [-0.25, -0.2) is 9.97 Å². The van der Waals surface area contributed by atoms with Crippen LogP contribution in [-0.4, -0.2) is 19.9 Å². The van der Waals surface area contributed by atoms with Gasteiger partial charge in [-0.15, -0.1) is 0 Å². The molecule has 0 unspecified atom stereocenters. The molecule has 37 heavy (non-hydrogen) atoms. The van der Waals surface area contributed by atoms with Crippen molar-refractivity contribution >= 4 is 54.6 Å². The van der Waals surface area contributed by atoms with Gasteiger partial charge in [0.1, 0.15) is 0 Å². The summed E-state index contributed by atoms with van der Waals surface area (Å²) in [5.41, 5.74) is 6.70. The van der Waals surface area contributed by atoms with Crippen LogP contribution >= 0.6 is 0 Å². The molecule has 0 fully saturated rings. The van der Waals surface area contributed by atoms with Gasteiger partial charge in [0.05, 0.1) is 22.4 Å². The summed E-state index contributed by atoms with van der Waals surface area (Å²) in [7, 11) is 0. The van der Waals surface area contributed by atoms with Crippen molar-refractivity contribution in [2.45, 2.75) is 0 Å². The molecule has 0 aliphatic heterocycles. The number of nitrogens with zero attached hydrogens (tertiary/aromatic N) is 6. The normalized spacial score (nSPS) is 11.6. The van der Waals surface area contributed by atoms with E-state index in [2.05, 4.69) is 36.4 Å². The second-order valence-electron chi connectivity index (χ2n) is 8.84. The number of benzene rings is 4. The molecule has 8 rings (SSSR count). The second kappa shape index (κ2) is 8.32. The average molecular weight is 656 g/mol. The number of imidazole rings is 2. The van der Waals surface area contributed by atoms with Gasteiger partial charge in [-0.2, -0.15) is 0 Å². The molecule has 0 radical (unpaired) electrons. The molecule has 4 aromatic carbocycles. The largest absolute Gasteiger partial charge is 2.00 e. The Morgan fingerprint density at radius 3 is 1.35 bits per heavy atom. The van der Waals surface area contributed by atoms with E-state index >= 15 is 0 Å². The van der Waals surface area contributed by atoms with E-state index in [1.54, 1.807) is 0 Å². The maximum absolute atomic E-state index is 5.06. The van der Waals surface area contributed by atoms with Crippen molar-refractivity contribution in [2.24, 2.45) is 0 Å². The average Bonchev–Trinajstić information content (AvgIpc) is 3.56. The molecule has 0 amide bonds. The zero-order chi connectivity index (χ0) is 23.6. The van der Waals surface area contributed by atoms with E-state index in [-0.39, 0.29) is 21.1 Å². The topological polar surface area (TPSA) is 79.8 Å². The van der Waals surface area contributed by atoms with Crippen LogP contribution < -0.4 is 9.97 Å². The van der Waals surface area contributed by atoms with Crippen molar-refractivity contribution in [1.82, 2.24) is 29.9 Å². The monoisotopic (exact) mass is 655 g/mol. The molecule has 8 aromatic rings. The Morgan fingerprint density at radius 1 is 0.432 bits per heavy atom. The Kier molecular flexibility index (Phi) is 4.91. The van der Waals surface area contributed by atoms with E-state index < -0.39 is 0 Å². The molecule has 0 bridgehead atoms. The van der Waals surface area contributed by atoms with Crippen molar-refractivity contribution in [3.05, 3.63) is 97.1 Å². The van der Waals surface area contributed by atoms with E-state index in [1.807, 2.05) is 60.7 Å². The Morgan fingerprint density at radius 2 is 0.865 bits per heavy atom.